The molecule has 1 spiro atoms. The second-order valence-corrected chi connectivity index (χ2v) is 9.06. The number of morpholine rings is 1. The first-order valence-electron chi connectivity index (χ1n) is 11.0. The Labute approximate surface area is 189 Å². The van der Waals surface area contributed by atoms with Crippen molar-refractivity contribution in [1.29, 1.82) is 0 Å². The van der Waals surface area contributed by atoms with Gasteiger partial charge in [-0.2, -0.15) is 0 Å². The molecule has 1 aromatic heterocycles. The van der Waals surface area contributed by atoms with Crippen molar-refractivity contribution in [3.63, 3.8) is 0 Å². The Morgan fingerprint density at radius 1 is 1.29 bits per heavy atom. The third-order valence-electron chi connectivity index (χ3n) is 6.86. The molecule has 9 heteroatoms. The maximum Gasteiger partial charge on any atom is 0.263 e. The average molecular weight is 453 g/mol. The highest BCUT2D eigenvalue weighted by molar-refractivity contribution is 5.95. The molecule has 4 heterocycles. The van der Waals surface area contributed by atoms with Crippen LogP contribution in [0.25, 0.3) is 0 Å². The van der Waals surface area contributed by atoms with Gasteiger partial charge in [0.1, 0.15) is 12.2 Å². The number of likely N-dealkylation sites (tertiary alicyclic amines) is 1. The van der Waals surface area contributed by atoms with Gasteiger partial charge >= 0.3 is 0 Å². The molecule has 0 aromatic carbocycles. The molecule has 1 atom stereocenters. The van der Waals surface area contributed by atoms with Crippen molar-refractivity contribution in [1.82, 2.24) is 19.7 Å². The highest BCUT2D eigenvalue weighted by atomic mass is 35.5. The zero-order valence-electron chi connectivity index (χ0n) is 18.4. The fourth-order valence-electron chi connectivity index (χ4n) is 4.90. The molecule has 3 fully saturated rings. The monoisotopic (exact) mass is 452 g/mol. The first kappa shape index (κ1) is 23.8. The van der Waals surface area contributed by atoms with E-state index in [4.69, 9.17) is 4.74 Å². The van der Waals surface area contributed by atoms with Crippen LogP contribution in [0.2, 0.25) is 0 Å². The lowest BCUT2D eigenvalue weighted by molar-refractivity contribution is -0.167. The molecule has 3 saturated heterocycles. The Hall–Kier alpha value is -1.90. The summed E-state index contributed by atoms with van der Waals surface area (Å²) in [5, 5.41) is 3.38. The highest BCUT2D eigenvalue weighted by Crippen LogP contribution is 2.30. The van der Waals surface area contributed by atoms with Crippen LogP contribution in [0.1, 0.15) is 41.6 Å². The first-order valence-corrected chi connectivity index (χ1v) is 11.0. The van der Waals surface area contributed by atoms with Crippen LogP contribution in [-0.4, -0.2) is 78.2 Å². The molecule has 0 aliphatic carbocycles. The Kier molecular flexibility index (Phi) is 7.44. The van der Waals surface area contributed by atoms with Crippen molar-refractivity contribution in [2.24, 2.45) is 5.92 Å². The topological polar surface area (TPSA) is 83.9 Å². The summed E-state index contributed by atoms with van der Waals surface area (Å²) in [7, 11) is 1.79. The van der Waals surface area contributed by atoms with Crippen LogP contribution in [-0.2, 0) is 16.1 Å². The summed E-state index contributed by atoms with van der Waals surface area (Å²) in [6.45, 7) is 6.13. The van der Waals surface area contributed by atoms with Crippen LogP contribution in [0.3, 0.4) is 0 Å². The second-order valence-electron chi connectivity index (χ2n) is 9.06. The minimum absolute atomic E-state index is 0. The molecule has 1 unspecified atom stereocenters. The van der Waals surface area contributed by atoms with Crippen molar-refractivity contribution in [3.05, 3.63) is 33.7 Å². The van der Waals surface area contributed by atoms with Gasteiger partial charge in [-0.05, 0) is 63.2 Å². The van der Waals surface area contributed by atoms with E-state index >= 15 is 0 Å². The number of nitrogens with one attached hydrogen (secondary N) is 1. The number of rotatable bonds is 3. The zero-order valence-corrected chi connectivity index (χ0v) is 19.2. The molecule has 8 nitrogen and oxygen atoms in total. The van der Waals surface area contributed by atoms with E-state index < -0.39 is 0 Å². The summed E-state index contributed by atoms with van der Waals surface area (Å²) >= 11 is 0. The Balaban J connectivity index is 0.00000272. The molecule has 4 rings (SSSR count). The van der Waals surface area contributed by atoms with Crippen molar-refractivity contribution in [2.75, 3.05) is 46.4 Å². The van der Waals surface area contributed by atoms with Gasteiger partial charge in [0.15, 0.2) is 0 Å². The summed E-state index contributed by atoms with van der Waals surface area (Å²) < 4.78 is 7.58. The molecule has 1 N–H and O–H groups in total. The second kappa shape index (κ2) is 9.71. The molecule has 172 valence electrons. The lowest BCUT2D eigenvalue weighted by atomic mass is 9.89. The van der Waals surface area contributed by atoms with Crippen LogP contribution in [0.15, 0.2) is 17.1 Å². The van der Waals surface area contributed by atoms with E-state index in [1.807, 2.05) is 19.2 Å². The molecule has 3 aliphatic rings. The molecule has 0 saturated carbocycles. The number of pyridine rings is 1. The molecule has 2 amide bonds. The predicted molar refractivity (Wildman–Crippen MR) is 120 cm³/mol. The maximum atomic E-state index is 13.3. The lowest BCUT2D eigenvalue weighted by Gasteiger charge is -2.46. The van der Waals surface area contributed by atoms with Gasteiger partial charge in [0.2, 0.25) is 5.91 Å². The largest absolute Gasteiger partial charge is 0.363 e. The molecule has 0 bridgehead atoms. The Morgan fingerprint density at radius 3 is 2.68 bits per heavy atom. The smallest absolute Gasteiger partial charge is 0.263 e. The van der Waals surface area contributed by atoms with Crippen LogP contribution in [0, 0.1) is 12.8 Å². The van der Waals surface area contributed by atoms with Crippen molar-refractivity contribution in [2.45, 2.75) is 44.8 Å². The van der Waals surface area contributed by atoms with Gasteiger partial charge in [-0.25, -0.2) is 0 Å². The van der Waals surface area contributed by atoms with E-state index in [-0.39, 0.29) is 47.6 Å². The SMILES string of the molecule is Cc1ccn(CC2CCCNC2)c(=O)c1C(=O)N1CCC2(CC1)CN(C)C(=O)CO2.Cl. The average Bonchev–Trinajstić information content (AvgIpc) is 2.74. The van der Waals surface area contributed by atoms with Gasteiger partial charge in [0.05, 0.1) is 5.60 Å². The molecule has 31 heavy (non-hydrogen) atoms. The van der Waals surface area contributed by atoms with Gasteiger partial charge in [-0.15, -0.1) is 12.4 Å². The molecule has 3 aliphatic heterocycles. The van der Waals surface area contributed by atoms with E-state index in [9.17, 15) is 14.4 Å². The number of amides is 2. The van der Waals surface area contributed by atoms with Crippen molar-refractivity contribution >= 4 is 24.2 Å². The Bertz CT molecular complexity index is 873. The summed E-state index contributed by atoms with van der Waals surface area (Å²) in [6, 6.07) is 1.88. The van der Waals surface area contributed by atoms with Gasteiger partial charge in [0, 0.05) is 39.4 Å². The maximum absolute atomic E-state index is 13.3. The van der Waals surface area contributed by atoms with Gasteiger partial charge in [-0.1, -0.05) is 0 Å². The van der Waals surface area contributed by atoms with Crippen molar-refractivity contribution in [3.8, 4) is 0 Å². The molecular weight excluding hydrogens is 420 g/mol. The van der Waals surface area contributed by atoms with E-state index in [1.165, 1.54) is 0 Å². The third kappa shape index (κ3) is 4.96. The van der Waals surface area contributed by atoms with E-state index in [0.29, 0.717) is 44.9 Å². The minimum Gasteiger partial charge on any atom is -0.363 e. The summed E-state index contributed by atoms with van der Waals surface area (Å²) in [5.41, 5.74) is 0.445. The summed E-state index contributed by atoms with van der Waals surface area (Å²) in [4.78, 5) is 41.6. The number of likely N-dealkylation sites (N-methyl/N-ethyl adjacent to an activating group) is 1. The molecule has 0 radical (unpaired) electrons. The van der Waals surface area contributed by atoms with Gasteiger partial charge in [0.25, 0.3) is 11.5 Å². The predicted octanol–water partition coefficient (Wildman–Crippen LogP) is 1.04. The number of ether oxygens (including phenoxy) is 1. The minimum atomic E-state index is -0.376. The number of halogens is 1. The number of carbonyl (C=O) groups is 2. The number of piperidine rings is 2. The zero-order chi connectivity index (χ0) is 21.3. The summed E-state index contributed by atoms with van der Waals surface area (Å²) in [6.07, 6.45) is 5.38. The van der Waals surface area contributed by atoms with Crippen LogP contribution in [0.4, 0.5) is 0 Å². The Morgan fingerprint density at radius 2 is 2.03 bits per heavy atom. The number of aryl methyl sites for hydroxylation is 1. The molecule has 1 aromatic rings. The van der Waals surface area contributed by atoms with Gasteiger partial charge in [-0.3, -0.25) is 14.4 Å². The molecular formula is C22H33ClN4O4. The van der Waals surface area contributed by atoms with E-state index in [1.54, 1.807) is 21.4 Å². The quantitative estimate of drug-likeness (QED) is 0.740. The number of hydrogen-bond donors (Lipinski definition) is 1. The van der Waals surface area contributed by atoms with Crippen LogP contribution >= 0.6 is 12.4 Å². The van der Waals surface area contributed by atoms with Crippen molar-refractivity contribution < 1.29 is 14.3 Å². The normalized spacial score (nSPS) is 23.5. The number of aromatic nitrogens is 1. The highest BCUT2D eigenvalue weighted by Gasteiger charge is 2.42. The third-order valence-corrected chi connectivity index (χ3v) is 6.86. The number of carbonyl (C=O) groups excluding carboxylic acids is 2. The standard InChI is InChI=1S/C22H32N4O4.ClH/c1-16-5-9-26(13-17-4-3-8-23-12-17)21(29)19(16)20(28)25-10-6-22(7-11-25)15-24(2)18(27)14-30-22;/h5,9,17,23H,3-4,6-8,10-15H2,1-2H3;1H. The van der Waals surface area contributed by atoms with E-state index in [2.05, 4.69) is 5.32 Å². The fraction of sp³-hybridized carbons (Fsp3) is 0.682. The number of nitrogens with zero attached hydrogens (tertiary/aromatic N) is 3. The summed E-state index contributed by atoms with van der Waals surface area (Å²) in [5.74, 6) is 0.219. The lowest BCUT2D eigenvalue weighted by Crippen LogP contribution is -2.58. The van der Waals surface area contributed by atoms with Gasteiger partial charge < -0.3 is 24.4 Å². The first-order chi connectivity index (χ1) is 14.4. The fourth-order valence-corrected chi connectivity index (χ4v) is 4.90. The number of hydrogen-bond acceptors (Lipinski definition) is 5. The van der Waals surface area contributed by atoms with Crippen LogP contribution < -0.4 is 10.9 Å². The van der Waals surface area contributed by atoms with E-state index in [0.717, 1.165) is 31.5 Å². The van der Waals surface area contributed by atoms with Crippen LogP contribution in [0.5, 0.6) is 0 Å².